The summed E-state index contributed by atoms with van der Waals surface area (Å²) in [6, 6.07) is 6.38. The third kappa shape index (κ3) is 3.03. The molecular formula is C17H16ClFN4OS. The van der Waals surface area contributed by atoms with Crippen molar-refractivity contribution < 1.29 is 4.39 Å². The van der Waals surface area contributed by atoms with Gasteiger partial charge < -0.3 is 10.2 Å². The number of fused-ring (bicyclic) bond motifs is 1. The van der Waals surface area contributed by atoms with Crippen molar-refractivity contribution in [1.82, 2.24) is 14.9 Å². The van der Waals surface area contributed by atoms with Crippen molar-refractivity contribution in [2.24, 2.45) is 0 Å². The molecule has 3 aromatic rings. The van der Waals surface area contributed by atoms with Crippen LogP contribution in [0.15, 0.2) is 34.4 Å². The number of benzene rings is 1. The Morgan fingerprint density at radius 1 is 1.28 bits per heavy atom. The summed E-state index contributed by atoms with van der Waals surface area (Å²) >= 11 is 7.52. The predicted octanol–water partition coefficient (Wildman–Crippen LogP) is 2.71. The maximum Gasteiger partial charge on any atom is 0.273 e. The minimum absolute atomic E-state index is 0.0600. The van der Waals surface area contributed by atoms with Gasteiger partial charge in [0.2, 0.25) is 5.95 Å². The third-order valence-electron chi connectivity index (χ3n) is 4.32. The molecule has 25 heavy (non-hydrogen) atoms. The molecule has 3 heterocycles. The molecule has 0 saturated carbocycles. The largest absolute Gasteiger partial charge is 0.340 e. The second-order valence-corrected chi connectivity index (χ2v) is 7.20. The molecule has 0 unspecified atom stereocenters. The summed E-state index contributed by atoms with van der Waals surface area (Å²) in [5, 5.41) is 5.44. The Bertz CT molecular complexity index is 960. The van der Waals surface area contributed by atoms with Crippen molar-refractivity contribution in [3.05, 3.63) is 56.4 Å². The molecule has 2 aromatic heterocycles. The molecule has 0 bridgehead atoms. The van der Waals surface area contributed by atoms with Crippen molar-refractivity contribution in [3.63, 3.8) is 0 Å². The van der Waals surface area contributed by atoms with Crippen LogP contribution in [0, 0.1) is 5.82 Å². The fourth-order valence-electron chi connectivity index (χ4n) is 3.02. The summed E-state index contributed by atoms with van der Waals surface area (Å²) in [7, 11) is 0. The van der Waals surface area contributed by atoms with Crippen LogP contribution < -0.4 is 15.8 Å². The topological polar surface area (TPSA) is 50.2 Å². The van der Waals surface area contributed by atoms with Crippen molar-refractivity contribution in [2.45, 2.75) is 6.54 Å². The lowest BCUT2D eigenvalue weighted by molar-refractivity contribution is 0.557. The number of aromatic nitrogens is 2. The van der Waals surface area contributed by atoms with E-state index in [-0.39, 0.29) is 12.1 Å². The van der Waals surface area contributed by atoms with Gasteiger partial charge in [-0.25, -0.2) is 9.37 Å². The Labute approximate surface area is 152 Å². The van der Waals surface area contributed by atoms with Crippen molar-refractivity contribution in [3.8, 4) is 0 Å². The van der Waals surface area contributed by atoms with Gasteiger partial charge in [0.25, 0.3) is 5.56 Å². The first kappa shape index (κ1) is 16.5. The van der Waals surface area contributed by atoms with Crippen LogP contribution in [0.3, 0.4) is 0 Å². The van der Waals surface area contributed by atoms with Crippen LogP contribution in [-0.4, -0.2) is 35.7 Å². The highest BCUT2D eigenvalue weighted by molar-refractivity contribution is 7.17. The maximum atomic E-state index is 14.3. The van der Waals surface area contributed by atoms with Crippen molar-refractivity contribution >= 4 is 39.1 Å². The Morgan fingerprint density at radius 2 is 2.08 bits per heavy atom. The van der Waals surface area contributed by atoms with Gasteiger partial charge in [0.15, 0.2) is 0 Å². The molecule has 1 aliphatic rings. The minimum Gasteiger partial charge on any atom is -0.340 e. The van der Waals surface area contributed by atoms with Gasteiger partial charge >= 0.3 is 0 Å². The number of nitrogens with one attached hydrogen (secondary N) is 1. The van der Waals surface area contributed by atoms with Crippen LogP contribution in [0.5, 0.6) is 0 Å². The average molecular weight is 379 g/mol. The van der Waals surface area contributed by atoms with Gasteiger partial charge in [-0.15, -0.1) is 11.3 Å². The van der Waals surface area contributed by atoms with Gasteiger partial charge in [0.1, 0.15) is 10.5 Å². The van der Waals surface area contributed by atoms with Crippen LogP contribution in [0.25, 0.3) is 10.2 Å². The number of anilines is 1. The van der Waals surface area contributed by atoms with Gasteiger partial charge in [-0.1, -0.05) is 17.7 Å². The highest BCUT2D eigenvalue weighted by Crippen LogP contribution is 2.24. The average Bonchev–Trinajstić information content (AvgIpc) is 3.09. The molecule has 0 atom stereocenters. The zero-order valence-corrected chi connectivity index (χ0v) is 14.9. The Morgan fingerprint density at radius 3 is 2.84 bits per heavy atom. The first-order chi connectivity index (χ1) is 12.1. The summed E-state index contributed by atoms with van der Waals surface area (Å²) in [6.45, 7) is 3.18. The van der Waals surface area contributed by atoms with E-state index in [9.17, 15) is 9.18 Å². The van der Waals surface area contributed by atoms with E-state index in [1.165, 1.54) is 22.0 Å². The summed E-state index contributed by atoms with van der Waals surface area (Å²) in [4.78, 5) is 19.7. The number of rotatable bonds is 3. The number of halogens is 2. The lowest BCUT2D eigenvalue weighted by Crippen LogP contribution is -2.46. The zero-order chi connectivity index (χ0) is 17.4. The van der Waals surface area contributed by atoms with E-state index in [0.717, 1.165) is 26.2 Å². The highest BCUT2D eigenvalue weighted by Gasteiger charge is 2.21. The number of hydrogen-bond donors (Lipinski definition) is 1. The molecule has 0 aliphatic carbocycles. The van der Waals surface area contributed by atoms with E-state index in [1.807, 2.05) is 11.4 Å². The zero-order valence-electron chi connectivity index (χ0n) is 13.3. The molecule has 0 spiro atoms. The molecule has 1 fully saturated rings. The Balaban J connectivity index is 1.88. The van der Waals surface area contributed by atoms with E-state index in [4.69, 9.17) is 11.6 Å². The second kappa shape index (κ2) is 6.74. The lowest BCUT2D eigenvalue weighted by Gasteiger charge is -2.30. The number of nitrogens with zero attached hydrogens (tertiary/aromatic N) is 3. The van der Waals surface area contributed by atoms with E-state index in [0.29, 0.717) is 26.8 Å². The van der Waals surface area contributed by atoms with E-state index in [2.05, 4.69) is 15.2 Å². The van der Waals surface area contributed by atoms with Gasteiger partial charge in [-0.3, -0.25) is 9.36 Å². The van der Waals surface area contributed by atoms with E-state index in [1.54, 1.807) is 12.1 Å². The molecule has 1 N–H and O–H groups in total. The van der Waals surface area contributed by atoms with Crippen LogP contribution >= 0.6 is 22.9 Å². The lowest BCUT2D eigenvalue weighted by atomic mass is 10.2. The Kier molecular flexibility index (Phi) is 4.45. The molecule has 1 saturated heterocycles. The first-order valence-electron chi connectivity index (χ1n) is 8.02. The maximum absolute atomic E-state index is 14.3. The second-order valence-electron chi connectivity index (χ2n) is 5.88. The van der Waals surface area contributed by atoms with Gasteiger partial charge in [0.05, 0.1) is 12.1 Å². The van der Waals surface area contributed by atoms with Gasteiger partial charge in [-0.05, 0) is 23.6 Å². The number of hydrogen-bond acceptors (Lipinski definition) is 5. The third-order valence-corrected chi connectivity index (χ3v) is 5.57. The molecule has 8 heteroatoms. The molecule has 1 aliphatic heterocycles. The van der Waals surface area contributed by atoms with Crippen molar-refractivity contribution in [2.75, 3.05) is 31.1 Å². The van der Waals surface area contributed by atoms with Crippen LogP contribution in [0.2, 0.25) is 5.02 Å². The van der Waals surface area contributed by atoms with E-state index >= 15 is 0 Å². The van der Waals surface area contributed by atoms with Gasteiger partial charge in [0, 0.05) is 36.8 Å². The molecule has 0 amide bonds. The monoisotopic (exact) mass is 378 g/mol. The van der Waals surface area contributed by atoms with Crippen molar-refractivity contribution in [1.29, 1.82) is 0 Å². The van der Waals surface area contributed by atoms with E-state index < -0.39 is 5.82 Å². The first-order valence-corrected chi connectivity index (χ1v) is 9.27. The minimum atomic E-state index is -0.420. The van der Waals surface area contributed by atoms with Crippen LogP contribution in [-0.2, 0) is 6.54 Å². The predicted molar refractivity (Wildman–Crippen MR) is 99.5 cm³/mol. The summed E-state index contributed by atoms with van der Waals surface area (Å²) < 4.78 is 16.4. The molecule has 4 rings (SSSR count). The molecule has 5 nitrogen and oxygen atoms in total. The standard InChI is InChI=1S/C17H16ClFN4OS/c18-12-2-1-3-13(19)11(12)10-23-16(24)15-14(4-9-25-15)21-17(23)22-7-5-20-6-8-22/h1-4,9,20H,5-8,10H2. The Hall–Kier alpha value is -1.96. The molecule has 0 radical (unpaired) electrons. The van der Waals surface area contributed by atoms with Crippen LogP contribution in [0.1, 0.15) is 5.56 Å². The van der Waals surface area contributed by atoms with Gasteiger partial charge in [-0.2, -0.15) is 0 Å². The SMILES string of the molecule is O=c1c2sccc2nc(N2CCNCC2)n1Cc1c(F)cccc1Cl. The summed E-state index contributed by atoms with van der Waals surface area (Å²) in [6.07, 6.45) is 0. The fraction of sp³-hybridized carbons (Fsp3) is 0.294. The quantitative estimate of drug-likeness (QED) is 0.761. The fourth-order valence-corrected chi connectivity index (χ4v) is 4.02. The molecular weight excluding hydrogens is 363 g/mol. The number of piperazine rings is 1. The van der Waals surface area contributed by atoms with Crippen LogP contribution in [0.4, 0.5) is 10.3 Å². The summed E-state index contributed by atoms with van der Waals surface area (Å²) in [5.74, 6) is 0.147. The normalized spacial score (nSPS) is 15.0. The highest BCUT2D eigenvalue weighted by atomic mass is 35.5. The molecule has 130 valence electrons. The number of thiophene rings is 1. The molecule has 1 aromatic carbocycles. The smallest absolute Gasteiger partial charge is 0.273 e. The summed E-state index contributed by atoms with van der Waals surface area (Å²) in [5.41, 5.74) is 0.827.